The van der Waals surface area contributed by atoms with Crippen molar-refractivity contribution in [1.29, 1.82) is 0 Å². The maximum Gasteiger partial charge on any atom is 0.0966 e. The second-order valence-electron chi connectivity index (χ2n) is 25.9. The van der Waals surface area contributed by atoms with Crippen molar-refractivity contribution >= 4 is 0 Å². The Balaban J connectivity index is -0.000000745. The molecule has 0 saturated heterocycles. The Morgan fingerprint density at radius 2 is 0.468 bits per heavy atom. The third-order valence-electron chi connectivity index (χ3n) is 16.8. The van der Waals surface area contributed by atoms with Crippen LogP contribution in [0, 0.1) is 54.0 Å². The number of aromatic nitrogens is 17. The van der Waals surface area contributed by atoms with Crippen LogP contribution >= 0.6 is 0 Å². The molecule has 124 heavy (non-hydrogen) atoms. The van der Waals surface area contributed by atoms with Crippen LogP contribution in [0.2, 0.25) is 0 Å². The van der Waals surface area contributed by atoms with Crippen molar-refractivity contribution in [2.75, 3.05) is 39.3 Å². The van der Waals surface area contributed by atoms with E-state index in [0.717, 1.165) is 185 Å². The molecule has 0 aliphatic rings. The van der Waals surface area contributed by atoms with Crippen LogP contribution < -0.4 is 0 Å². The van der Waals surface area contributed by atoms with Gasteiger partial charge in [-0.15, -0.1) is 23.2 Å². The van der Waals surface area contributed by atoms with E-state index in [2.05, 4.69) is 198 Å². The summed E-state index contributed by atoms with van der Waals surface area (Å²) in [5, 5.41) is 16.6. The minimum absolute atomic E-state index is 0. The molecule has 642 valence electrons. The van der Waals surface area contributed by atoms with Gasteiger partial charge in [-0.1, -0.05) is 83.7 Å². The molecule has 0 spiro atoms. The first-order valence-corrected chi connectivity index (χ1v) is 37.2. The van der Waals surface area contributed by atoms with E-state index in [9.17, 15) is 0 Å². The summed E-state index contributed by atoms with van der Waals surface area (Å²) in [5.74, 6) is 0. The third kappa shape index (κ3) is 52.5. The number of hydrogen-bond donors (Lipinski definition) is 0. The minimum atomic E-state index is 0. The first kappa shape index (κ1) is 125. The zero-order valence-electron chi connectivity index (χ0n) is 72.0. The molecule has 0 aromatic carbocycles. The van der Waals surface area contributed by atoms with E-state index in [1.54, 1.807) is 11.6 Å². The van der Waals surface area contributed by atoms with Crippen LogP contribution in [0.1, 0.15) is 80.9 Å². The predicted octanol–water partition coefficient (Wildman–Crippen LogP) is 14.7. The quantitative estimate of drug-likeness (QED) is 0.0327. The molecule has 0 fully saturated rings. The van der Waals surface area contributed by atoms with Gasteiger partial charge in [0.1, 0.15) is 0 Å². The number of rotatable bonds is 39. The Morgan fingerprint density at radius 1 is 0.258 bits per heavy atom. The van der Waals surface area contributed by atoms with Gasteiger partial charge in [0.2, 0.25) is 0 Å². The average molecular weight is 2640 g/mol. The van der Waals surface area contributed by atoms with Crippen LogP contribution in [0.3, 0.4) is 0 Å². The van der Waals surface area contributed by atoms with Gasteiger partial charge in [-0.25, -0.2) is 0 Å². The monoisotopic (exact) mass is 2640 g/mol. The summed E-state index contributed by atoms with van der Waals surface area (Å²) in [6.07, 6.45) is 35.8. The summed E-state index contributed by atoms with van der Waals surface area (Å²) in [7, 11) is 0. The van der Waals surface area contributed by atoms with E-state index in [1.807, 2.05) is 243 Å². The molecule has 13 aromatic heterocycles. The smallest absolute Gasteiger partial charge is 0.0966 e. The van der Waals surface area contributed by atoms with Crippen molar-refractivity contribution in [1.82, 2.24) is 114 Å². The van der Waals surface area contributed by atoms with E-state index in [1.165, 1.54) is 0 Å². The Morgan fingerprint density at radius 3 is 0.702 bits per heavy atom. The molecule has 13 rings (SSSR count). The molecule has 0 amide bonds. The van der Waals surface area contributed by atoms with Crippen LogP contribution in [0.4, 0.5) is 0 Å². The number of pyridine rings is 11. The molecule has 0 unspecified atom stereocenters. The average Bonchev–Trinajstić information content (AvgIpc) is 1.48. The zero-order valence-corrected chi connectivity index (χ0v) is 95.1. The molecule has 13 heterocycles. The largest absolute Gasteiger partial charge is 0.507 e. The van der Waals surface area contributed by atoms with Crippen molar-refractivity contribution in [3.05, 3.63) is 435 Å². The molecule has 0 saturated carbocycles. The van der Waals surface area contributed by atoms with Gasteiger partial charge < -0.3 is 58.9 Å². The number of hydrogen-bond acceptors (Lipinski definition) is 21. The molecule has 13 aromatic rings. The van der Waals surface area contributed by atoms with Gasteiger partial charge in [0.25, 0.3) is 0 Å². The van der Waals surface area contributed by atoms with Crippen LogP contribution in [-0.2, 0) is 313 Å². The first-order valence-electron chi connectivity index (χ1n) is 37.2. The van der Waals surface area contributed by atoms with Crippen LogP contribution in [0.5, 0.6) is 0 Å². The van der Waals surface area contributed by atoms with Gasteiger partial charge in [-0.3, -0.25) is 115 Å². The molecule has 23 nitrogen and oxygen atoms in total. The fourth-order valence-electron chi connectivity index (χ4n) is 11.6. The minimum Gasteiger partial charge on any atom is -0.507 e. The third-order valence-corrected chi connectivity index (χ3v) is 16.8. The summed E-state index contributed by atoms with van der Waals surface area (Å²) >= 11 is 0. The SMILES string of the molecule is C=[C-]C.C=[C-]CN(CCN(Cc1ccccn1)Cc1ccccn1)Cc1ccccn1.C=[C-]Cc1cn(CCN(Cc2ccccn2)Cc2ccccn2)nn1.C=[C-]Cn1cc(CN(Cc2ccccn2)Cc2ccccn2)nn1.[CH3-].[CH3-].[CH3-].[CH3-].[W].[W].[W].[W].[Y].[Y].[Y].[Y].c1ccc(CN(CCN(Cc2ccccn2)Cc2ccccn2)Cc2ccccn2)nc1. The Kier molecular flexibility index (Phi) is 78.4. The van der Waals surface area contributed by atoms with Crippen LogP contribution in [0.25, 0.3) is 0 Å². The second kappa shape index (κ2) is 77.7. The molecular weight excluding hydrogens is 2530 g/mol. The fourth-order valence-corrected chi connectivity index (χ4v) is 11.6. The molecule has 4 radical (unpaired) electrons. The maximum absolute atomic E-state index is 4.53. The van der Waals surface area contributed by atoms with E-state index in [0.29, 0.717) is 26.1 Å². The van der Waals surface area contributed by atoms with Crippen molar-refractivity contribution in [2.24, 2.45) is 0 Å². The number of nitrogens with zero attached hydrogens (tertiary/aromatic N) is 23. The normalized spacial score (nSPS) is 9.80. The van der Waals surface area contributed by atoms with Gasteiger partial charge in [-0.2, -0.15) is 6.92 Å². The molecule has 0 aliphatic heterocycles. The Bertz CT molecular complexity index is 4340. The fraction of sp³-hybridized carbons (Fsp3) is 0.237. The van der Waals surface area contributed by atoms with Gasteiger partial charge in [0.05, 0.1) is 80.6 Å². The van der Waals surface area contributed by atoms with Gasteiger partial charge in [-0.05, 0) is 133 Å². The maximum atomic E-state index is 4.53. The summed E-state index contributed by atoms with van der Waals surface area (Å²) < 4.78 is 3.58. The molecule has 0 aliphatic carbocycles. The van der Waals surface area contributed by atoms with Gasteiger partial charge >= 0.3 is 0 Å². The molecular formula is C93H111N23W4Y4-8. The van der Waals surface area contributed by atoms with Gasteiger partial charge in [0, 0.05) is 407 Å². The standard InChI is InChI=1S/C26H28N6.C23H26N5.C19H21N6.C18H19N6.C3H5.4CH3.4W.4Y/c1-5-13-27-23(9-1)19-31(20-24-10-2-6-14-28-24)17-18-32(21-25-11-3-7-15-29-25)22-26-12-4-8-16-30-26;1-2-15-27(18-21-9-3-6-12-24-21)16-17-28(19-22-10-4-7-13-25-22)20-23-11-5-8-14-26-23;1-2-7-19-16-25(23-22-19)13-12-24(14-17-8-3-5-10-20-17)15-18-9-4-6-11-21-18;1-2-11-24-15-18(21-22-24)14-23(12-16-7-3-5-9-19-16)13-17-8-4-6-10-20-17;1-3-2;;;;;;;;;;;;/h1-16H,17-22H2;3-14H,1,15-20H2;3-6,8-11,16H,1,7,12-15H2;3-10,15H,1,11-14H2;1H2,2H3;4*1H3;;;;;;;;/q;8*-1;;;;;;;;. The molecule has 0 atom stereocenters. The van der Waals surface area contributed by atoms with Crippen molar-refractivity contribution in [3.63, 3.8) is 0 Å². The summed E-state index contributed by atoms with van der Waals surface area (Å²) in [5.41, 5.74) is 13.3. The van der Waals surface area contributed by atoms with Gasteiger partial charge in [0.15, 0.2) is 0 Å². The van der Waals surface area contributed by atoms with E-state index in [-0.39, 0.29) is 245 Å². The Labute approximate surface area is 896 Å². The summed E-state index contributed by atoms with van der Waals surface area (Å²) in [4.78, 5) is 63.2. The van der Waals surface area contributed by atoms with E-state index in [4.69, 9.17) is 0 Å². The van der Waals surface area contributed by atoms with E-state index >= 15 is 0 Å². The number of allylic oxidation sites excluding steroid dienone is 3. The first-order chi connectivity index (χ1) is 55.3. The topological polar surface area (TPSA) is 223 Å². The summed E-state index contributed by atoms with van der Waals surface area (Å²) in [6, 6.07) is 66.2. The molecule has 0 N–H and O–H groups in total. The van der Waals surface area contributed by atoms with Crippen molar-refractivity contribution in [2.45, 2.75) is 105 Å². The second-order valence-corrected chi connectivity index (χ2v) is 25.9. The summed E-state index contributed by atoms with van der Waals surface area (Å²) in [6.45, 7) is 31.4. The van der Waals surface area contributed by atoms with Crippen LogP contribution in [-0.4, -0.2) is 153 Å². The van der Waals surface area contributed by atoms with E-state index < -0.39 is 0 Å². The predicted molar refractivity (Wildman–Crippen MR) is 462 cm³/mol. The molecule has 31 heteroatoms. The molecule has 0 bridgehead atoms. The van der Waals surface area contributed by atoms with Crippen molar-refractivity contribution in [3.8, 4) is 0 Å². The van der Waals surface area contributed by atoms with Crippen molar-refractivity contribution < 1.29 is 215 Å². The van der Waals surface area contributed by atoms with Crippen LogP contribution in [0.15, 0.2) is 307 Å². The zero-order chi connectivity index (χ0) is 77.9. The Hall–Kier alpha value is -5.18.